The van der Waals surface area contributed by atoms with Gasteiger partial charge in [-0.2, -0.15) is 0 Å². The van der Waals surface area contributed by atoms with Crippen molar-refractivity contribution in [2.45, 2.75) is 34.1 Å². The number of carbonyl (C=O) groups is 1. The van der Waals surface area contributed by atoms with E-state index in [-0.39, 0.29) is 15.0 Å². The highest BCUT2D eigenvalue weighted by molar-refractivity contribution is 7.27. The molecule has 0 heterocycles. The standard InChI is InChI=1S/C18H21O3P/c1-5-16-12(2)11-13(3)17(14(16)4)18(19)21-22-20-15-9-7-6-8-10-15/h6-11,22H,5H2,1-4H3. The van der Waals surface area contributed by atoms with Gasteiger partial charge >= 0.3 is 5.97 Å². The normalized spacial score (nSPS) is 10.9. The first kappa shape index (κ1) is 16.5. The first-order chi connectivity index (χ1) is 10.5. The lowest BCUT2D eigenvalue weighted by Gasteiger charge is -2.15. The SMILES string of the molecule is CCc1c(C)cc(C)c(C(=O)OPOc2ccccc2)c1C. The van der Waals surface area contributed by atoms with E-state index in [0.29, 0.717) is 11.3 Å². The number of hydrogen-bond acceptors (Lipinski definition) is 3. The molecule has 2 aromatic carbocycles. The molecule has 2 rings (SSSR count). The van der Waals surface area contributed by atoms with Crippen molar-refractivity contribution in [3.63, 3.8) is 0 Å². The largest absolute Gasteiger partial charge is 0.441 e. The molecule has 1 unspecified atom stereocenters. The highest BCUT2D eigenvalue weighted by Crippen LogP contribution is 2.27. The van der Waals surface area contributed by atoms with Crippen LogP contribution < -0.4 is 4.52 Å². The number of aryl methyl sites for hydroxylation is 2. The quantitative estimate of drug-likeness (QED) is 0.735. The molecule has 0 aliphatic carbocycles. The maximum Gasteiger partial charge on any atom is 0.343 e. The molecule has 0 aliphatic rings. The van der Waals surface area contributed by atoms with E-state index in [1.165, 1.54) is 11.1 Å². The molecule has 2 aromatic rings. The second-order valence-corrected chi connectivity index (χ2v) is 5.81. The second-order valence-electron chi connectivity index (χ2n) is 5.23. The number of carbonyl (C=O) groups excluding carboxylic acids is 1. The summed E-state index contributed by atoms with van der Waals surface area (Å²) in [6, 6.07) is 11.4. The molecule has 0 radical (unpaired) electrons. The summed E-state index contributed by atoms with van der Waals surface area (Å²) in [7, 11) is -0.347. The summed E-state index contributed by atoms with van der Waals surface area (Å²) in [4.78, 5) is 12.4. The van der Waals surface area contributed by atoms with Gasteiger partial charge in [0.1, 0.15) is 5.75 Å². The minimum absolute atomic E-state index is 0.320. The van der Waals surface area contributed by atoms with Crippen molar-refractivity contribution in [3.8, 4) is 5.75 Å². The van der Waals surface area contributed by atoms with Crippen LogP contribution in [-0.4, -0.2) is 5.97 Å². The van der Waals surface area contributed by atoms with Crippen LogP contribution in [0.15, 0.2) is 36.4 Å². The van der Waals surface area contributed by atoms with Gasteiger partial charge in [0.25, 0.3) is 9.03 Å². The predicted octanol–water partition coefficient (Wildman–Crippen LogP) is 4.92. The van der Waals surface area contributed by atoms with E-state index in [4.69, 9.17) is 9.05 Å². The van der Waals surface area contributed by atoms with E-state index in [2.05, 4.69) is 13.8 Å². The zero-order valence-corrected chi connectivity index (χ0v) is 14.4. The average Bonchev–Trinajstić information content (AvgIpc) is 2.48. The maximum absolute atomic E-state index is 12.4. The van der Waals surface area contributed by atoms with Crippen LogP contribution >= 0.6 is 9.03 Å². The Morgan fingerprint density at radius 1 is 1.09 bits per heavy atom. The van der Waals surface area contributed by atoms with Crippen LogP contribution in [0, 0.1) is 20.8 Å². The molecule has 1 atom stereocenters. The zero-order valence-electron chi connectivity index (χ0n) is 13.4. The van der Waals surface area contributed by atoms with Crippen molar-refractivity contribution in [1.29, 1.82) is 0 Å². The van der Waals surface area contributed by atoms with Gasteiger partial charge in [0, 0.05) is 0 Å². The minimum Gasteiger partial charge on any atom is -0.441 e. The van der Waals surface area contributed by atoms with Gasteiger partial charge in [-0.1, -0.05) is 31.2 Å². The van der Waals surface area contributed by atoms with Crippen LogP contribution in [-0.2, 0) is 10.9 Å². The van der Waals surface area contributed by atoms with E-state index in [0.717, 1.165) is 17.5 Å². The maximum atomic E-state index is 12.4. The molecule has 0 aromatic heterocycles. The summed E-state index contributed by atoms with van der Waals surface area (Å²) in [5.74, 6) is 0.374. The number of hydrogen-bond donors (Lipinski definition) is 0. The Hall–Kier alpha value is -1.86. The average molecular weight is 316 g/mol. The molecule has 0 spiro atoms. The van der Waals surface area contributed by atoms with Gasteiger partial charge in [0.15, 0.2) is 0 Å². The van der Waals surface area contributed by atoms with E-state index < -0.39 is 0 Å². The lowest BCUT2D eigenvalue weighted by Crippen LogP contribution is -2.09. The fourth-order valence-electron chi connectivity index (χ4n) is 2.73. The summed E-state index contributed by atoms with van der Waals surface area (Å²) >= 11 is 0. The van der Waals surface area contributed by atoms with Gasteiger partial charge in [-0.3, -0.25) is 0 Å². The van der Waals surface area contributed by atoms with Crippen LogP contribution in [0.4, 0.5) is 0 Å². The predicted molar refractivity (Wildman–Crippen MR) is 90.8 cm³/mol. The Bertz CT molecular complexity index is 666. The van der Waals surface area contributed by atoms with Crippen molar-refractivity contribution >= 4 is 15.0 Å². The van der Waals surface area contributed by atoms with E-state index in [9.17, 15) is 4.79 Å². The topological polar surface area (TPSA) is 35.5 Å². The third-order valence-electron chi connectivity index (χ3n) is 3.73. The van der Waals surface area contributed by atoms with Gasteiger partial charge in [-0.05, 0) is 61.6 Å². The van der Waals surface area contributed by atoms with Crippen LogP contribution in [0.2, 0.25) is 0 Å². The molecule has 0 saturated carbocycles. The molecule has 3 nitrogen and oxygen atoms in total. The van der Waals surface area contributed by atoms with Crippen molar-refractivity contribution in [2.75, 3.05) is 0 Å². The van der Waals surface area contributed by atoms with Gasteiger partial charge < -0.3 is 9.05 Å². The fourth-order valence-corrected chi connectivity index (χ4v) is 3.18. The molecule has 4 heteroatoms. The molecule has 0 N–H and O–H groups in total. The van der Waals surface area contributed by atoms with Gasteiger partial charge in [0.2, 0.25) is 0 Å². The molecule has 0 bridgehead atoms. The molecule has 0 fully saturated rings. The van der Waals surface area contributed by atoms with Gasteiger partial charge in [0.05, 0.1) is 5.56 Å². The fraction of sp³-hybridized carbons (Fsp3) is 0.278. The molecular formula is C18H21O3P. The van der Waals surface area contributed by atoms with Crippen LogP contribution in [0.1, 0.15) is 39.5 Å². The molecule has 22 heavy (non-hydrogen) atoms. The zero-order chi connectivity index (χ0) is 16.1. The highest BCUT2D eigenvalue weighted by Gasteiger charge is 2.18. The van der Waals surface area contributed by atoms with Crippen molar-refractivity contribution in [3.05, 3.63) is 64.2 Å². The summed E-state index contributed by atoms with van der Waals surface area (Å²) in [6.07, 6.45) is 0.904. The van der Waals surface area contributed by atoms with Crippen molar-refractivity contribution in [2.24, 2.45) is 0 Å². The Labute approximate surface area is 133 Å². The Balaban J connectivity index is 2.10. The summed E-state index contributed by atoms with van der Waals surface area (Å²) < 4.78 is 10.7. The Kier molecular flexibility index (Phi) is 5.57. The van der Waals surface area contributed by atoms with Crippen LogP contribution in [0.3, 0.4) is 0 Å². The number of benzene rings is 2. The first-order valence-corrected chi connectivity index (χ1v) is 8.14. The number of para-hydroxylation sites is 1. The Morgan fingerprint density at radius 2 is 1.77 bits per heavy atom. The van der Waals surface area contributed by atoms with E-state index in [1.54, 1.807) is 0 Å². The summed E-state index contributed by atoms with van der Waals surface area (Å²) in [6.45, 7) is 8.10. The second kappa shape index (κ2) is 7.42. The van der Waals surface area contributed by atoms with E-state index in [1.807, 2.05) is 50.2 Å². The lowest BCUT2D eigenvalue weighted by molar-refractivity contribution is 0.0747. The minimum atomic E-state index is -0.347. The summed E-state index contributed by atoms with van der Waals surface area (Å²) in [5.41, 5.74) is 5.05. The third kappa shape index (κ3) is 3.66. The van der Waals surface area contributed by atoms with E-state index >= 15 is 0 Å². The van der Waals surface area contributed by atoms with Crippen molar-refractivity contribution in [1.82, 2.24) is 0 Å². The molecule has 116 valence electrons. The summed E-state index contributed by atoms with van der Waals surface area (Å²) in [5, 5.41) is 0. The smallest absolute Gasteiger partial charge is 0.343 e. The monoisotopic (exact) mass is 316 g/mol. The van der Waals surface area contributed by atoms with Gasteiger partial charge in [-0.15, -0.1) is 0 Å². The lowest BCUT2D eigenvalue weighted by atomic mass is 9.92. The molecule has 0 saturated heterocycles. The first-order valence-electron chi connectivity index (χ1n) is 7.32. The van der Waals surface area contributed by atoms with Crippen molar-refractivity contribution < 1.29 is 13.8 Å². The highest BCUT2D eigenvalue weighted by atomic mass is 31.1. The van der Waals surface area contributed by atoms with Crippen LogP contribution in [0.25, 0.3) is 0 Å². The van der Waals surface area contributed by atoms with Crippen LogP contribution in [0.5, 0.6) is 5.75 Å². The number of rotatable bonds is 5. The van der Waals surface area contributed by atoms with Gasteiger partial charge in [-0.25, -0.2) is 4.79 Å². The third-order valence-corrected chi connectivity index (χ3v) is 4.31. The Morgan fingerprint density at radius 3 is 2.41 bits per heavy atom. The molecular weight excluding hydrogens is 295 g/mol. The molecule has 0 amide bonds. The molecule has 0 aliphatic heterocycles.